The molecule has 0 radical (unpaired) electrons. The van der Waals surface area contributed by atoms with Gasteiger partial charge in [0.1, 0.15) is 10.7 Å². The summed E-state index contributed by atoms with van der Waals surface area (Å²) in [5, 5.41) is 2.84. The normalized spacial score (nSPS) is 10.4. The van der Waals surface area contributed by atoms with Gasteiger partial charge in [0.15, 0.2) is 5.82 Å². The molecule has 0 unspecified atom stereocenters. The van der Waals surface area contributed by atoms with Gasteiger partial charge in [0, 0.05) is 24.0 Å². The quantitative estimate of drug-likeness (QED) is 0.691. The van der Waals surface area contributed by atoms with Gasteiger partial charge in [-0.15, -0.1) is 11.3 Å². The van der Waals surface area contributed by atoms with Crippen molar-refractivity contribution in [3.05, 3.63) is 48.2 Å². The van der Waals surface area contributed by atoms with E-state index >= 15 is 0 Å². The molecule has 0 spiro atoms. The van der Waals surface area contributed by atoms with Gasteiger partial charge in [0.05, 0.1) is 5.69 Å². The van der Waals surface area contributed by atoms with E-state index < -0.39 is 0 Å². The summed E-state index contributed by atoms with van der Waals surface area (Å²) < 4.78 is 0. The fourth-order valence-corrected chi connectivity index (χ4v) is 2.07. The molecule has 82 valence electrons. The van der Waals surface area contributed by atoms with E-state index in [0.717, 1.165) is 16.4 Å². The Bertz CT molecular complexity index is 607. The molecule has 0 atom stereocenters. The Morgan fingerprint density at radius 2 is 1.65 bits per heavy atom. The molecule has 17 heavy (non-hydrogen) atoms. The molecular weight excluding hydrogens is 232 g/mol. The average Bonchev–Trinajstić information content (AvgIpc) is 2.94. The van der Waals surface area contributed by atoms with E-state index in [0.29, 0.717) is 5.82 Å². The van der Waals surface area contributed by atoms with Crippen LogP contribution in [0.3, 0.4) is 0 Å². The van der Waals surface area contributed by atoms with Crippen LogP contribution >= 0.6 is 11.3 Å². The smallest absolute Gasteiger partial charge is 0.178 e. The van der Waals surface area contributed by atoms with Crippen molar-refractivity contribution in [3.8, 4) is 22.2 Å². The van der Waals surface area contributed by atoms with Crippen LogP contribution in [0.5, 0.6) is 0 Å². The molecule has 0 aliphatic carbocycles. The number of rotatable bonds is 2. The van der Waals surface area contributed by atoms with Crippen molar-refractivity contribution in [1.29, 1.82) is 0 Å². The summed E-state index contributed by atoms with van der Waals surface area (Å²) in [4.78, 5) is 17.1. The largest absolute Gasteiger partial charge is 0.243 e. The SMILES string of the molecule is c1cnc(-c2cccc(-c3nccs3)n2)nc1. The second-order valence-electron chi connectivity index (χ2n) is 3.32. The first kappa shape index (κ1) is 10.0. The van der Waals surface area contributed by atoms with Crippen LogP contribution < -0.4 is 0 Å². The highest BCUT2D eigenvalue weighted by Crippen LogP contribution is 2.21. The summed E-state index contributed by atoms with van der Waals surface area (Å²) in [6, 6.07) is 7.56. The van der Waals surface area contributed by atoms with E-state index in [9.17, 15) is 0 Å². The molecule has 5 heteroatoms. The van der Waals surface area contributed by atoms with Gasteiger partial charge < -0.3 is 0 Å². The molecule has 3 aromatic rings. The van der Waals surface area contributed by atoms with Crippen molar-refractivity contribution in [1.82, 2.24) is 19.9 Å². The lowest BCUT2D eigenvalue weighted by atomic mass is 10.3. The minimum Gasteiger partial charge on any atom is -0.243 e. The summed E-state index contributed by atoms with van der Waals surface area (Å²) >= 11 is 1.57. The van der Waals surface area contributed by atoms with Gasteiger partial charge >= 0.3 is 0 Å². The van der Waals surface area contributed by atoms with Gasteiger partial charge in [-0.1, -0.05) is 6.07 Å². The Hall–Kier alpha value is -2.14. The lowest BCUT2D eigenvalue weighted by Crippen LogP contribution is -1.91. The molecule has 0 amide bonds. The first-order valence-electron chi connectivity index (χ1n) is 5.08. The monoisotopic (exact) mass is 240 g/mol. The molecule has 0 aliphatic heterocycles. The third kappa shape index (κ3) is 2.05. The maximum Gasteiger partial charge on any atom is 0.178 e. The summed E-state index contributed by atoms with van der Waals surface area (Å²) in [6.07, 6.45) is 5.19. The first-order valence-corrected chi connectivity index (χ1v) is 5.96. The van der Waals surface area contributed by atoms with Crippen LogP contribution in [0.1, 0.15) is 0 Å². The highest BCUT2D eigenvalue weighted by molar-refractivity contribution is 7.13. The molecule has 3 rings (SSSR count). The highest BCUT2D eigenvalue weighted by atomic mass is 32.1. The van der Waals surface area contributed by atoms with Crippen LogP contribution in [0.2, 0.25) is 0 Å². The van der Waals surface area contributed by atoms with Gasteiger partial charge in [-0.2, -0.15) is 0 Å². The van der Waals surface area contributed by atoms with Crippen molar-refractivity contribution in [2.45, 2.75) is 0 Å². The van der Waals surface area contributed by atoms with Gasteiger partial charge in [-0.3, -0.25) is 0 Å². The predicted octanol–water partition coefficient (Wildman–Crippen LogP) is 2.66. The average molecular weight is 240 g/mol. The maximum atomic E-state index is 4.51. The molecule has 0 aliphatic rings. The maximum absolute atomic E-state index is 4.51. The lowest BCUT2D eigenvalue weighted by Gasteiger charge is -2.00. The zero-order chi connectivity index (χ0) is 11.5. The summed E-state index contributed by atoms with van der Waals surface area (Å²) in [6.45, 7) is 0. The number of hydrogen-bond acceptors (Lipinski definition) is 5. The Kier molecular flexibility index (Phi) is 2.59. The third-order valence-electron chi connectivity index (χ3n) is 2.20. The van der Waals surface area contributed by atoms with Crippen molar-refractivity contribution in [3.63, 3.8) is 0 Å². The number of thiazole rings is 1. The van der Waals surface area contributed by atoms with E-state index in [1.165, 1.54) is 0 Å². The van der Waals surface area contributed by atoms with Gasteiger partial charge in [0.25, 0.3) is 0 Å². The van der Waals surface area contributed by atoms with Crippen LogP contribution in [0.4, 0.5) is 0 Å². The Labute approximate surface area is 102 Å². The molecule has 0 bridgehead atoms. The van der Waals surface area contributed by atoms with Crippen molar-refractivity contribution >= 4 is 11.3 Å². The predicted molar refractivity (Wildman–Crippen MR) is 66.4 cm³/mol. The number of pyridine rings is 1. The molecule has 0 aromatic carbocycles. The summed E-state index contributed by atoms with van der Waals surface area (Å²) in [5.41, 5.74) is 1.61. The minimum absolute atomic E-state index is 0.630. The third-order valence-corrected chi connectivity index (χ3v) is 2.99. The Morgan fingerprint density at radius 1 is 0.824 bits per heavy atom. The van der Waals surface area contributed by atoms with Crippen LogP contribution in [0.25, 0.3) is 22.2 Å². The highest BCUT2D eigenvalue weighted by Gasteiger charge is 2.06. The first-order chi connectivity index (χ1) is 8.43. The fraction of sp³-hybridized carbons (Fsp3) is 0. The second-order valence-corrected chi connectivity index (χ2v) is 4.21. The number of aromatic nitrogens is 4. The Balaban J connectivity index is 2.06. The summed E-state index contributed by atoms with van der Waals surface area (Å²) in [5.74, 6) is 0.630. The molecule has 3 aromatic heterocycles. The molecule has 0 saturated carbocycles. The number of hydrogen-bond donors (Lipinski definition) is 0. The summed E-state index contributed by atoms with van der Waals surface area (Å²) in [7, 11) is 0. The molecule has 3 heterocycles. The van der Waals surface area contributed by atoms with E-state index in [-0.39, 0.29) is 0 Å². The minimum atomic E-state index is 0.630. The zero-order valence-corrected chi connectivity index (χ0v) is 9.63. The number of nitrogens with zero attached hydrogens (tertiary/aromatic N) is 4. The van der Waals surface area contributed by atoms with E-state index in [2.05, 4.69) is 19.9 Å². The lowest BCUT2D eigenvalue weighted by molar-refractivity contribution is 1.14. The van der Waals surface area contributed by atoms with Crippen LogP contribution in [0, 0.1) is 0 Å². The molecule has 0 N–H and O–H groups in total. The van der Waals surface area contributed by atoms with Gasteiger partial charge in [-0.25, -0.2) is 19.9 Å². The molecule has 0 saturated heterocycles. The van der Waals surface area contributed by atoms with E-state index in [1.54, 1.807) is 36.0 Å². The van der Waals surface area contributed by atoms with Gasteiger partial charge in [-0.05, 0) is 18.2 Å². The zero-order valence-electron chi connectivity index (χ0n) is 8.82. The van der Waals surface area contributed by atoms with E-state index in [1.807, 2.05) is 23.6 Å². The van der Waals surface area contributed by atoms with Crippen molar-refractivity contribution < 1.29 is 0 Å². The molecular formula is C12H8N4S. The molecule has 4 nitrogen and oxygen atoms in total. The van der Waals surface area contributed by atoms with Crippen LogP contribution in [-0.4, -0.2) is 19.9 Å². The van der Waals surface area contributed by atoms with Crippen LogP contribution in [0.15, 0.2) is 48.2 Å². The molecule has 0 fully saturated rings. The second kappa shape index (κ2) is 4.39. The Morgan fingerprint density at radius 3 is 2.41 bits per heavy atom. The fourth-order valence-electron chi connectivity index (χ4n) is 1.46. The van der Waals surface area contributed by atoms with Crippen molar-refractivity contribution in [2.75, 3.05) is 0 Å². The van der Waals surface area contributed by atoms with Gasteiger partial charge in [0.2, 0.25) is 0 Å². The topological polar surface area (TPSA) is 51.6 Å². The van der Waals surface area contributed by atoms with E-state index in [4.69, 9.17) is 0 Å². The van der Waals surface area contributed by atoms with Crippen molar-refractivity contribution in [2.24, 2.45) is 0 Å². The van der Waals surface area contributed by atoms with Crippen LogP contribution in [-0.2, 0) is 0 Å². The standard InChI is InChI=1S/C12H8N4S/c1-3-9(11-13-5-2-6-14-11)16-10(4-1)12-15-7-8-17-12/h1-8H.